The van der Waals surface area contributed by atoms with Crippen molar-refractivity contribution < 1.29 is 0 Å². The van der Waals surface area contributed by atoms with Gasteiger partial charge in [-0.2, -0.15) is 0 Å². The second-order valence-electron chi connectivity index (χ2n) is 4.22. The van der Waals surface area contributed by atoms with E-state index in [0.717, 1.165) is 6.54 Å². The van der Waals surface area contributed by atoms with Crippen LogP contribution in [-0.4, -0.2) is 18.6 Å². The van der Waals surface area contributed by atoms with Gasteiger partial charge in [0.15, 0.2) is 0 Å². The monoisotopic (exact) mass is 256 g/mol. The van der Waals surface area contributed by atoms with E-state index in [-0.39, 0.29) is 24.8 Å². The molecule has 3 N–H and O–H groups in total. The van der Waals surface area contributed by atoms with E-state index in [1.165, 1.54) is 44.9 Å². The van der Waals surface area contributed by atoms with E-state index in [2.05, 4.69) is 12.2 Å². The molecule has 4 heteroatoms. The fraction of sp³-hybridized carbons (Fsp3) is 1.00. The van der Waals surface area contributed by atoms with Gasteiger partial charge in [-0.05, 0) is 25.8 Å². The van der Waals surface area contributed by atoms with Gasteiger partial charge >= 0.3 is 0 Å². The predicted molar refractivity (Wildman–Crippen MR) is 72.3 cm³/mol. The van der Waals surface area contributed by atoms with Crippen molar-refractivity contribution in [2.45, 2.75) is 64.0 Å². The average Bonchev–Trinajstić information content (AvgIpc) is 2.15. The summed E-state index contributed by atoms with van der Waals surface area (Å²) in [7, 11) is 0. The van der Waals surface area contributed by atoms with Gasteiger partial charge in [0.2, 0.25) is 0 Å². The Bertz CT molecular complexity index is 134. The van der Waals surface area contributed by atoms with Gasteiger partial charge in [-0.3, -0.25) is 0 Å². The fourth-order valence-corrected chi connectivity index (χ4v) is 2.08. The van der Waals surface area contributed by atoms with Crippen molar-refractivity contribution in [3.8, 4) is 0 Å². The number of nitrogens with two attached hydrogens (primary N) is 1. The largest absolute Gasteiger partial charge is 0.326 e. The van der Waals surface area contributed by atoms with Crippen molar-refractivity contribution in [3.05, 3.63) is 0 Å². The Hall–Kier alpha value is 0.500. The van der Waals surface area contributed by atoms with Crippen LogP contribution in [0.1, 0.15) is 51.9 Å². The highest BCUT2D eigenvalue weighted by Crippen LogP contribution is 2.16. The summed E-state index contributed by atoms with van der Waals surface area (Å²) in [5.74, 6) is 0. The third-order valence-corrected chi connectivity index (χ3v) is 3.01. The summed E-state index contributed by atoms with van der Waals surface area (Å²) in [4.78, 5) is 0. The van der Waals surface area contributed by atoms with Crippen LogP contribution in [0.3, 0.4) is 0 Å². The molecule has 2 nitrogen and oxygen atoms in total. The molecule has 15 heavy (non-hydrogen) atoms. The maximum atomic E-state index is 6.03. The number of unbranched alkanes of at least 4 members (excludes halogenated alkanes) is 2. The molecule has 2 atom stereocenters. The maximum absolute atomic E-state index is 6.03. The summed E-state index contributed by atoms with van der Waals surface area (Å²) < 4.78 is 0. The number of rotatable bonds is 5. The molecule has 0 aromatic heterocycles. The molecule has 0 aromatic carbocycles. The van der Waals surface area contributed by atoms with E-state index in [1.807, 2.05) is 0 Å². The molecular formula is C11H26Cl2N2. The molecule has 0 unspecified atom stereocenters. The molecule has 0 amide bonds. The lowest BCUT2D eigenvalue weighted by molar-refractivity contribution is 0.326. The van der Waals surface area contributed by atoms with Gasteiger partial charge in [-0.15, -0.1) is 24.8 Å². The highest BCUT2D eigenvalue weighted by molar-refractivity contribution is 5.85. The second kappa shape index (κ2) is 11.0. The molecule has 1 aliphatic carbocycles. The molecule has 1 rings (SSSR count). The van der Waals surface area contributed by atoms with Crippen LogP contribution in [0.4, 0.5) is 0 Å². The molecule has 0 radical (unpaired) electrons. The van der Waals surface area contributed by atoms with Crippen molar-refractivity contribution in [1.82, 2.24) is 5.32 Å². The van der Waals surface area contributed by atoms with Gasteiger partial charge in [-0.25, -0.2) is 0 Å². The van der Waals surface area contributed by atoms with Crippen molar-refractivity contribution in [1.29, 1.82) is 0 Å². The van der Waals surface area contributed by atoms with E-state index in [1.54, 1.807) is 0 Å². The Labute approximate surface area is 107 Å². The summed E-state index contributed by atoms with van der Waals surface area (Å²) in [5, 5.41) is 3.58. The topological polar surface area (TPSA) is 38.0 Å². The predicted octanol–water partition coefficient (Wildman–Crippen LogP) is 2.88. The van der Waals surface area contributed by atoms with Gasteiger partial charge in [0, 0.05) is 12.1 Å². The first kappa shape index (κ1) is 17.9. The zero-order valence-corrected chi connectivity index (χ0v) is 11.3. The molecule has 0 aromatic rings. The van der Waals surface area contributed by atoms with Crippen molar-refractivity contribution in [2.24, 2.45) is 5.73 Å². The Balaban J connectivity index is 0. The minimum atomic E-state index is 0. The molecule has 1 saturated carbocycles. The fourth-order valence-electron chi connectivity index (χ4n) is 2.08. The third-order valence-electron chi connectivity index (χ3n) is 3.01. The number of hydrogen-bond donors (Lipinski definition) is 2. The van der Waals surface area contributed by atoms with Gasteiger partial charge in [-0.1, -0.05) is 32.6 Å². The molecule has 0 spiro atoms. The maximum Gasteiger partial charge on any atom is 0.0219 e. The molecule has 1 aliphatic rings. The van der Waals surface area contributed by atoms with Crippen LogP contribution in [0.25, 0.3) is 0 Å². The number of halogens is 2. The van der Waals surface area contributed by atoms with Crippen molar-refractivity contribution in [2.75, 3.05) is 6.54 Å². The number of nitrogens with one attached hydrogen (secondary N) is 1. The van der Waals surface area contributed by atoms with Crippen LogP contribution in [-0.2, 0) is 0 Å². The molecule has 94 valence electrons. The van der Waals surface area contributed by atoms with Gasteiger partial charge in [0.25, 0.3) is 0 Å². The second-order valence-corrected chi connectivity index (χ2v) is 4.22. The minimum absolute atomic E-state index is 0. The summed E-state index contributed by atoms with van der Waals surface area (Å²) >= 11 is 0. The molecule has 0 saturated heterocycles. The third kappa shape index (κ3) is 7.40. The lowest BCUT2D eigenvalue weighted by Crippen LogP contribution is -2.47. The van der Waals surface area contributed by atoms with E-state index in [9.17, 15) is 0 Å². The first-order chi connectivity index (χ1) is 6.34. The van der Waals surface area contributed by atoms with Gasteiger partial charge in [0.1, 0.15) is 0 Å². The quantitative estimate of drug-likeness (QED) is 0.743. The van der Waals surface area contributed by atoms with Crippen LogP contribution in [0.15, 0.2) is 0 Å². The van der Waals surface area contributed by atoms with E-state index < -0.39 is 0 Å². The van der Waals surface area contributed by atoms with Crippen molar-refractivity contribution in [3.63, 3.8) is 0 Å². The van der Waals surface area contributed by atoms with Gasteiger partial charge < -0.3 is 11.1 Å². The smallest absolute Gasteiger partial charge is 0.0219 e. The minimum Gasteiger partial charge on any atom is -0.326 e. The summed E-state index contributed by atoms with van der Waals surface area (Å²) in [6.07, 6.45) is 9.14. The van der Waals surface area contributed by atoms with Crippen molar-refractivity contribution >= 4 is 24.8 Å². The first-order valence-corrected chi connectivity index (χ1v) is 5.83. The molecule has 0 heterocycles. The van der Waals surface area contributed by atoms with E-state index >= 15 is 0 Å². The van der Waals surface area contributed by atoms with Crippen LogP contribution in [0.2, 0.25) is 0 Å². The SMILES string of the molecule is CCCCCN[C@@H]1CCCC[C@H]1N.Cl.Cl. The molecule has 0 aliphatic heterocycles. The zero-order valence-electron chi connectivity index (χ0n) is 9.71. The molecule has 0 bridgehead atoms. The Kier molecular flexibility index (Phi) is 13.1. The normalized spacial score (nSPS) is 25.2. The molecule has 1 fully saturated rings. The van der Waals surface area contributed by atoms with E-state index in [0.29, 0.717) is 12.1 Å². The highest BCUT2D eigenvalue weighted by atomic mass is 35.5. The highest BCUT2D eigenvalue weighted by Gasteiger charge is 2.20. The average molecular weight is 257 g/mol. The lowest BCUT2D eigenvalue weighted by atomic mass is 9.91. The van der Waals surface area contributed by atoms with E-state index in [4.69, 9.17) is 5.73 Å². The summed E-state index contributed by atoms with van der Waals surface area (Å²) in [6.45, 7) is 3.40. The van der Waals surface area contributed by atoms with Gasteiger partial charge in [0.05, 0.1) is 0 Å². The first-order valence-electron chi connectivity index (χ1n) is 5.83. The summed E-state index contributed by atoms with van der Waals surface area (Å²) in [6, 6.07) is 1.01. The zero-order chi connectivity index (χ0) is 9.52. The summed E-state index contributed by atoms with van der Waals surface area (Å²) in [5.41, 5.74) is 6.03. The van der Waals surface area contributed by atoms with Crippen LogP contribution < -0.4 is 11.1 Å². The number of hydrogen-bond acceptors (Lipinski definition) is 2. The van der Waals surface area contributed by atoms with Crippen LogP contribution >= 0.6 is 24.8 Å². The van der Waals surface area contributed by atoms with Crippen LogP contribution in [0, 0.1) is 0 Å². The standard InChI is InChI=1S/C11H24N2.2ClH/c1-2-3-6-9-13-11-8-5-4-7-10(11)12;;/h10-11,13H,2-9,12H2,1H3;2*1H/t10-,11-;;/m1../s1. The Morgan fingerprint density at radius 3 is 2.40 bits per heavy atom. The Morgan fingerprint density at radius 1 is 1.13 bits per heavy atom. The molecular weight excluding hydrogens is 231 g/mol. The Morgan fingerprint density at radius 2 is 1.80 bits per heavy atom. The lowest BCUT2D eigenvalue weighted by Gasteiger charge is -2.29. The van der Waals surface area contributed by atoms with Crippen LogP contribution in [0.5, 0.6) is 0 Å².